The lowest BCUT2D eigenvalue weighted by Crippen LogP contribution is -2.32. The normalized spacial score (nSPS) is 24.0. The third-order valence-corrected chi connectivity index (χ3v) is 3.99. The first-order valence-electron chi connectivity index (χ1n) is 6.53. The Kier molecular flexibility index (Phi) is 2.74. The van der Waals surface area contributed by atoms with Gasteiger partial charge in [-0.05, 0) is 30.9 Å². The maximum Gasteiger partial charge on any atom is 0.257 e. The molecule has 0 aromatic heterocycles. The number of amides is 1. The molecule has 0 bridgehead atoms. The van der Waals surface area contributed by atoms with Crippen LogP contribution in [0.5, 0.6) is 0 Å². The largest absolute Gasteiger partial charge is 0.378 e. The number of fused-ring (bicyclic) bond motifs is 1. The highest BCUT2D eigenvalue weighted by Crippen LogP contribution is 2.34. The number of nitrogens with one attached hydrogen (secondary N) is 1. The highest BCUT2D eigenvalue weighted by atomic mass is 16.3. The minimum absolute atomic E-state index is 0.325. The fraction of sp³-hybridized carbons (Fsp3) is 0.500. The van der Waals surface area contributed by atoms with Gasteiger partial charge in [0.15, 0.2) is 6.10 Å². The van der Waals surface area contributed by atoms with E-state index in [0.717, 1.165) is 30.4 Å². The molecule has 1 fully saturated rings. The van der Waals surface area contributed by atoms with E-state index in [2.05, 4.69) is 17.1 Å². The number of aliphatic hydroxyl groups excluding tert-OH is 1. The van der Waals surface area contributed by atoms with Crippen LogP contribution in [-0.2, 0) is 4.79 Å². The smallest absolute Gasteiger partial charge is 0.257 e. The van der Waals surface area contributed by atoms with Crippen molar-refractivity contribution >= 4 is 17.3 Å². The van der Waals surface area contributed by atoms with Crippen LogP contribution < -0.4 is 10.2 Å². The van der Waals surface area contributed by atoms with Crippen LogP contribution in [0.4, 0.5) is 11.4 Å². The van der Waals surface area contributed by atoms with Gasteiger partial charge >= 0.3 is 0 Å². The van der Waals surface area contributed by atoms with Gasteiger partial charge in [0.2, 0.25) is 0 Å². The topological polar surface area (TPSA) is 52.6 Å². The molecule has 0 spiro atoms. The maximum absolute atomic E-state index is 11.4. The second-order valence-corrected chi connectivity index (χ2v) is 5.33. The molecule has 1 atom stereocenters. The Bertz CT molecular complexity index is 479. The minimum Gasteiger partial charge on any atom is -0.378 e. The highest BCUT2D eigenvalue weighted by molar-refractivity contribution is 6.02. The summed E-state index contributed by atoms with van der Waals surface area (Å²) in [5, 5.41) is 12.4. The van der Waals surface area contributed by atoms with Gasteiger partial charge in [-0.2, -0.15) is 0 Å². The van der Waals surface area contributed by atoms with Crippen LogP contribution in [0.3, 0.4) is 0 Å². The Hall–Kier alpha value is -1.55. The lowest BCUT2D eigenvalue weighted by atomic mass is 9.98. The summed E-state index contributed by atoms with van der Waals surface area (Å²) in [7, 11) is 0. The van der Waals surface area contributed by atoms with Crippen LogP contribution in [0.2, 0.25) is 0 Å². The molecule has 1 saturated heterocycles. The van der Waals surface area contributed by atoms with E-state index < -0.39 is 6.10 Å². The molecule has 2 N–H and O–H groups in total. The first kappa shape index (κ1) is 11.5. The number of carbonyl (C=O) groups excluding carboxylic acids is 1. The third kappa shape index (κ3) is 1.86. The Balaban J connectivity index is 1.83. The van der Waals surface area contributed by atoms with Crippen LogP contribution in [0, 0.1) is 5.92 Å². The van der Waals surface area contributed by atoms with Gasteiger partial charge < -0.3 is 15.3 Å². The number of aliphatic hydroxyl groups is 1. The zero-order valence-electron chi connectivity index (χ0n) is 10.5. The molecule has 4 heteroatoms. The quantitative estimate of drug-likeness (QED) is 0.796. The molecule has 96 valence electrons. The Morgan fingerprint density at radius 2 is 2.06 bits per heavy atom. The molecule has 1 unspecified atom stereocenters. The predicted octanol–water partition coefficient (Wildman–Crippen LogP) is 1.91. The molecule has 4 nitrogen and oxygen atoms in total. The predicted molar refractivity (Wildman–Crippen MR) is 70.6 cm³/mol. The van der Waals surface area contributed by atoms with E-state index in [1.807, 2.05) is 18.2 Å². The third-order valence-electron chi connectivity index (χ3n) is 3.99. The number of anilines is 2. The number of piperidine rings is 1. The van der Waals surface area contributed by atoms with E-state index in [1.165, 1.54) is 12.8 Å². The number of benzene rings is 1. The molecule has 1 aromatic rings. The van der Waals surface area contributed by atoms with Gasteiger partial charge in [0, 0.05) is 30.0 Å². The SMILES string of the molecule is CC1CCN(c2ccc3c(c2)NC(=O)C3O)CC1. The molecule has 0 saturated carbocycles. The summed E-state index contributed by atoms with van der Waals surface area (Å²) in [5.41, 5.74) is 2.58. The van der Waals surface area contributed by atoms with Crippen LogP contribution in [0.25, 0.3) is 0 Å². The molecule has 18 heavy (non-hydrogen) atoms. The summed E-state index contributed by atoms with van der Waals surface area (Å²) < 4.78 is 0. The molecule has 1 aromatic carbocycles. The fourth-order valence-corrected chi connectivity index (χ4v) is 2.70. The average molecular weight is 246 g/mol. The molecule has 3 rings (SSSR count). The van der Waals surface area contributed by atoms with Crippen LogP contribution in [0.15, 0.2) is 18.2 Å². The summed E-state index contributed by atoms with van der Waals surface area (Å²) >= 11 is 0. The first-order valence-corrected chi connectivity index (χ1v) is 6.53. The van der Waals surface area contributed by atoms with Crippen molar-refractivity contribution in [2.75, 3.05) is 23.3 Å². The van der Waals surface area contributed by atoms with Gasteiger partial charge in [-0.15, -0.1) is 0 Å². The monoisotopic (exact) mass is 246 g/mol. The fourth-order valence-electron chi connectivity index (χ4n) is 2.70. The van der Waals surface area contributed by atoms with E-state index >= 15 is 0 Å². The zero-order chi connectivity index (χ0) is 12.7. The van der Waals surface area contributed by atoms with Crippen molar-refractivity contribution in [3.05, 3.63) is 23.8 Å². The van der Waals surface area contributed by atoms with Gasteiger partial charge in [0.25, 0.3) is 5.91 Å². The molecule has 2 heterocycles. The van der Waals surface area contributed by atoms with E-state index in [0.29, 0.717) is 5.56 Å². The summed E-state index contributed by atoms with van der Waals surface area (Å²) in [6, 6.07) is 5.82. The van der Waals surface area contributed by atoms with Gasteiger partial charge in [-0.25, -0.2) is 0 Å². The highest BCUT2D eigenvalue weighted by Gasteiger charge is 2.29. The van der Waals surface area contributed by atoms with Crippen molar-refractivity contribution in [3.8, 4) is 0 Å². The number of hydrogen-bond acceptors (Lipinski definition) is 3. The molecule has 0 aliphatic carbocycles. The number of nitrogens with zero attached hydrogens (tertiary/aromatic N) is 1. The maximum atomic E-state index is 11.4. The molecular formula is C14H18N2O2. The van der Waals surface area contributed by atoms with E-state index in [9.17, 15) is 9.90 Å². The number of carbonyl (C=O) groups is 1. The first-order chi connectivity index (χ1) is 8.65. The summed E-state index contributed by atoms with van der Waals surface area (Å²) in [6.07, 6.45) is 1.42. The second-order valence-electron chi connectivity index (χ2n) is 5.33. The lowest BCUT2D eigenvalue weighted by Gasteiger charge is -2.32. The summed E-state index contributed by atoms with van der Waals surface area (Å²) in [5.74, 6) is 0.478. The van der Waals surface area contributed by atoms with Crippen molar-refractivity contribution in [2.45, 2.75) is 25.9 Å². The molecule has 2 aliphatic heterocycles. The molecular weight excluding hydrogens is 228 g/mol. The Labute approximate surface area is 107 Å². The average Bonchev–Trinajstić information content (AvgIpc) is 2.65. The molecule has 0 radical (unpaired) electrons. The lowest BCUT2D eigenvalue weighted by molar-refractivity contribution is -0.123. The molecule has 2 aliphatic rings. The van der Waals surface area contributed by atoms with Crippen LogP contribution in [-0.4, -0.2) is 24.1 Å². The number of rotatable bonds is 1. The zero-order valence-corrected chi connectivity index (χ0v) is 10.5. The summed E-state index contributed by atoms with van der Waals surface area (Å²) in [6.45, 7) is 4.42. The van der Waals surface area contributed by atoms with Crippen molar-refractivity contribution in [2.24, 2.45) is 5.92 Å². The van der Waals surface area contributed by atoms with Crippen molar-refractivity contribution in [1.29, 1.82) is 0 Å². The van der Waals surface area contributed by atoms with Gasteiger partial charge in [-0.1, -0.05) is 13.0 Å². The summed E-state index contributed by atoms with van der Waals surface area (Å²) in [4.78, 5) is 13.7. The Morgan fingerprint density at radius 3 is 2.78 bits per heavy atom. The van der Waals surface area contributed by atoms with Crippen LogP contribution >= 0.6 is 0 Å². The number of hydrogen-bond donors (Lipinski definition) is 2. The second kappa shape index (κ2) is 4.28. The van der Waals surface area contributed by atoms with Gasteiger partial charge in [0.05, 0.1) is 0 Å². The van der Waals surface area contributed by atoms with Gasteiger partial charge in [-0.3, -0.25) is 4.79 Å². The van der Waals surface area contributed by atoms with Crippen molar-refractivity contribution in [1.82, 2.24) is 0 Å². The van der Waals surface area contributed by atoms with Gasteiger partial charge in [0.1, 0.15) is 0 Å². The van der Waals surface area contributed by atoms with Crippen molar-refractivity contribution in [3.63, 3.8) is 0 Å². The standard InChI is InChI=1S/C14H18N2O2/c1-9-4-6-16(7-5-9)10-2-3-11-12(8-10)15-14(18)13(11)17/h2-3,8-9,13,17H,4-7H2,1H3,(H,15,18). The van der Waals surface area contributed by atoms with Crippen molar-refractivity contribution < 1.29 is 9.90 Å². The Morgan fingerprint density at radius 1 is 1.33 bits per heavy atom. The minimum atomic E-state index is -1.00. The van der Waals surface area contributed by atoms with E-state index in [-0.39, 0.29) is 5.91 Å². The molecule has 1 amide bonds. The van der Waals surface area contributed by atoms with E-state index in [1.54, 1.807) is 0 Å². The van der Waals surface area contributed by atoms with E-state index in [4.69, 9.17) is 0 Å². The van der Waals surface area contributed by atoms with Crippen LogP contribution in [0.1, 0.15) is 31.4 Å².